The maximum absolute atomic E-state index is 9.67. The second-order valence-electron chi connectivity index (χ2n) is 3.47. The summed E-state index contributed by atoms with van der Waals surface area (Å²) in [5.74, 6) is -1.78. The Labute approximate surface area is 83.6 Å². The van der Waals surface area contributed by atoms with E-state index in [1.807, 2.05) is 6.07 Å². The van der Waals surface area contributed by atoms with Gasteiger partial charge in [-0.1, -0.05) is 37.3 Å². The number of hydrogen-bond donors (Lipinski definition) is 3. The van der Waals surface area contributed by atoms with Crippen molar-refractivity contribution in [3.8, 4) is 0 Å². The van der Waals surface area contributed by atoms with Crippen molar-refractivity contribution in [1.82, 2.24) is 0 Å². The summed E-state index contributed by atoms with van der Waals surface area (Å²) in [6.45, 7) is 1.66. The minimum absolute atomic E-state index is 0.0620. The molecule has 1 atom stereocenters. The van der Waals surface area contributed by atoms with Gasteiger partial charge in [-0.25, -0.2) is 0 Å². The van der Waals surface area contributed by atoms with Crippen LogP contribution in [-0.2, 0) is 0 Å². The van der Waals surface area contributed by atoms with Crippen molar-refractivity contribution < 1.29 is 15.3 Å². The summed E-state index contributed by atoms with van der Waals surface area (Å²) in [6, 6.07) is 8.98. The predicted molar refractivity (Wildman–Crippen MR) is 53.5 cm³/mol. The summed E-state index contributed by atoms with van der Waals surface area (Å²) in [7, 11) is 0. The fraction of sp³-hybridized carbons (Fsp3) is 0.455. The van der Waals surface area contributed by atoms with Crippen molar-refractivity contribution in [1.29, 1.82) is 0 Å². The van der Waals surface area contributed by atoms with Gasteiger partial charge in [0.15, 0.2) is 5.79 Å². The molecule has 0 fully saturated rings. The largest absolute Gasteiger partial charge is 0.388 e. The third-order valence-electron chi connectivity index (χ3n) is 2.27. The molecule has 3 nitrogen and oxygen atoms in total. The van der Waals surface area contributed by atoms with E-state index in [2.05, 4.69) is 0 Å². The van der Waals surface area contributed by atoms with E-state index in [0.717, 1.165) is 0 Å². The molecule has 0 amide bonds. The molecule has 0 bridgehead atoms. The van der Waals surface area contributed by atoms with Crippen LogP contribution in [0.4, 0.5) is 0 Å². The first-order valence-corrected chi connectivity index (χ1v) is 4.73. The standard InChI is InChI=1S/C11H16O3/c1-2-11(13,14)8-10(12)9-6-4-3-5-7-9/h3-7,10,12-14H,2,8H2,1H3. The summed E-state index contributed by atoms with van der Waals surface area (Å²) in [5.41, 5.74) is 0.702. The Morgan fingerprint density at radius 3 is 2.29 bits per heavy atom. The summed E-state index contributed by atoms with van der Waals surface area (Å²) in [5, 5.41) is 28.4. The second-order valence-corrected chi connectivity index (χ2v) is 3.47. The molecule has 0 heterocycles. The SMILES string of the molecule is CCC(O)(O)CC(O)c1ccccc1. The second kappa shape index (κ2) is 4.55. The molecule has 1 aromatic rings. The molecule has 0 aliphatic heterocycles. The molecular formula is C11H16O3. The number of aliphatic hydroxyl groups excluding tert-OH is 1. The molecule has 0 saturated carbocycles. The Morgan fingerprint density at radius 1 is 1.21 bits per heavy atom. The zero-order chi connectivity index (χ0) is 10.6. The highest BCUT2D eigenvalue weighted by Crippen LogP contribution is 2.23. The first-order chi connectivity index (χ1) is 6.55. The van der Waals surface area contributed by atoms with Crippen LogP contribution in [0.2, 0.25) is 0 Å². The van der Waals surface area contributed by atoms with Crippen LogP contribution < -0.4 is 0 Å². The molecule has 1 unspecified atom stereocenters. The van der Waals surface area contributed by atoms with Gasteiger partial charge < -0.3 is 15.3 Å². The number of benzene rings is 1. The molecule has 0 aromatic heterocycles. The quantitative estimate of drug-likeness (QED) is 0.634. The lowest BCUT2D eigenvalue weighted by Gasteiger charge is -2.23. The van der Waals surface area contributed by atoms with Gasteiger partial charge >= 0.3 is 0 Å². The minimum Gasteiger partial charge on any atom is -0.388 e. The summed E-state index contributed by atoms with van der Waals surface area (Å²) in [6.07, 6.45) is -0.684. The van der Waals surface area contributed by atoms with Crippen LogP contribution in [0.3, 0.4) is 0 Å². The molecular weight excluding hydrogens is 180 g/mol. The lowest BCUT2D eigenvalue weighted by Crippen LogP contribution is -2.29. The van der Waals surface area contributed by atoms with E-state index in [-0.39, 0.29) is 12.8 Å². The van der Waals surface area contributed by atoms with E-state index in [4.69, 9.17) is 0 Å². The van der Waals surface area contributed by atoms with Crippen molar-refractivity contribution >= 4 is 0 Å². The van der Waals surface area contributed by atoms with Gasteiger partial charge in [0.25, 0.3) is 0 Å². The maximum Gasteiger partial charge on any atom is 0.165 e. The average molecular weight is 196 g/mol. The van der Waals surface area contributed by atoms with E-state index >= 15 is 0 Å². The molecule has 0 aliphatic rings. The summed E-state index contributed by atoms with van der Waals surface area (Å²) < 4.78 is 0. The lowest BCUT2D eigenvalue weighted by atomic mass is 10.00. The highest BCUT2D eigenvalue weighted by molar-refractivity contribution is 5.17. The summed E-state index contributed by atoms with van der Waals surface area (Å²) in [4.78, 5) is 0. The van der Waals surface area contributed by atoms with Gasteiger partial charge in [-0.05, 0) is 12.0 Å². The third-order valence-corrected chi connectivity index (χ3v) is 2.27. The highest BCUT2D eigenvalue weighted by Gasteiger charge is 2.25. The lowest BCUT2D eigenvalue weighted by molar-refractivity contribution is -0.182. The van der Waals surface area contributed by atoms with E-state index in [1.54, 1.807) is 31.2 Å². The van der Waals surface area contributed by atoms with Crippen molar-refractivity contribution in [2.75, 3.05) is 0 Å². The Balaban J connectivity index is 2.64. The van der Waals surface area contributed by atoms with Crippen molar-refractivity contribution in [2.45, 2.75) is 31.7 Å². The van der Waals surface area contributed by atoms with E-state index < -0.39 is 11.9 Å². The van der Waals surface area contributed by atoms with Crippen LogP contribution in [0, 0.1) is 0 Å². The van der Waals surface area contributed by atoms with Crippen LogP contribution in [0.25, 0.3) is 0 Å². The zero-order valence-electron chi connectivity index (χ0n) is 8.22. The Bertz CT molecular complexity index is 269. The first-order valence-electron chi connectivity index (χ1n) is 4.73. The van der Waals surface area contributed by atoms with Crippen LogP contribution in [0.5, 0.6) is 0 Å². The number of rotatable bonds is 4. The van der Waals surface area contributed by atoms with Crippen LogP contribution in [-0.4, -0.2) is 21.1 Å². The minimum atomic E-state index is -1.78. The average Bonchev–Trinajstić information content (AvgIpc) is 2.19. The molecule has 3 N–H and O–H groups in total. The molecule has 0 spiro atoms. The number of hydrogen-bond acceptors (Lipinski definition) is 3. The van der Waals surface area contributed by atoms with Crippen LogP contribution in [0.1, 0.15) is 31.4 Å². The molecule has 78 valence electrons. The Kier molecular flexibility index (Phi) is 3.63. The smallest absolute Gasteiger partial charge is 0.165 e. The molecule has 14 heavy (non-hydrogen) atoms. The maximum atomic E-state index is 9.67. The molecule has 0 saturated heterocycles. The van der Waals surface area contributed by atoms with Gasteiger partial charge in [-0.3, -0.25) is 0 Å². The van der Waals surface area contributed by atoms with Gasteiger partial charge in [0.1, 0.15) is 0 Å². The van der Waals surface area contributed by atoms with Crippen molar-refractivity contribution in [2.24, 2.45) is 0 Å². The predicted octanol–water partition coefficient (Wildman–Crippen LogP) is 1.20. The molecule has 1 aromatic carbocycles. The number of aliphatic hydroxyl groups is 3. The zero-order valence-corrected chi connectivity index (χ0v) is 8.22. The van der Waals surface area contributed by atoms with Crippen molar-refractivity contribution in [3.05, 3.63) is 35.9 Å². The fourth-order valence-electron chi connectivity index (χ4n) is 1.25. The Morgan fingerprint density at radius 2 is 1.79 bits per heavy atom. The first kappa shape index (κ1) is 11.2. The van der Waals surface area contributed by atoms with E-state index in [1.165, 1.54) is 0 Å². The van der Waals surface area contributed by atoms with Crippen molar-refractivity contribution in [3.63, 3.8) is 0 Å². The monoisotopic (exact) mass is 196 g/mol. The van der Waals surface area contributed by atoms with Gasteiger partial charge in [0.05, 0.1) is 6.10 Å². The topological polar surface area (TPSA) is 60.7 Å². The van der Waals surface area contributed by atoms with Gasteiger partial charge in [0.2, 0.25) is 0 Å². The molecule has 1 rings (SSSR count). The van der Waals surface area contributed by atoms with Gasteiger partial charge in [-0.2, -0.15) is 0 Å². The van der Waals surface area contributed by atoms with E-state index in [0.29, 0.717) is 5.56 Å². The summed E-state index contributed by atoms with van der Waals surface area (Å²) >= 11 is 0. The van der Waals surface area contributed by atoms with Crippen LogP contribution in [0.15, 0.2) is 30.3 Å². The normalized spacial score (nSPS) is 14.0. The molecule has 0 radical (unpaired) electrons. The van der Waals surface area contributed by atoms with E-state index in [9.17, 15) is 15.3 Å². The molecule has 3 heteroatoms. The van der Waals surface area contributed by atoms with Crippen LogP contribution >= 0.6 is 0 Å². The van der Waals surface area contributed by atoms with Gasteiger partial charge in [-0.15, -0.1) is 0 Å². The Hall–Kier alpha value is -0.900. The molecule has 0 aliphatic carbocycles. The third kappa shape index (κ3) is 3.10. The fourth-order valence-corrected chi connectivity index (χ4v) is 1.25. The van der Waals surface area contributed by atoms with Gasteiger partial charge in [0, 0.05) is 6.42 Å². The highest BCUT2D eigenvalue weighted by atomic mass is 16.5.